The number of aryl methyl sites for hydroxylation is 1. The van der Waals surface area contributed by atoms with Crippen LogP contribution in [0.15, 0.2) is 111 Å². The van der Waals surface area contributed by atoms with Crippen molar-refractivity contribution < 1.29 is 4.74 Å². The van der Waals surface area contributed by atoms with Crippen LogP contribution in [0.5, 0.6) is 5.75 Å². The Morgan fingerprint density at radius 3 is 2.45 bits per heavy atom. The monoisotopic (exact) mass is 672 g/mol. The predicted molar refractivity (Wildman–Crippen MR) is 174 cm³/mol. The van der Waals surface area contributed by atoms with E-state index in [0.717, 1.165) is 51.0 Å². The molecule has 1 aliphatic carbocycles. The van der Waals surface area contributed by atoms with Crippen LogP contribution in [0.4, 0.5) is 0 Å². The Hall–Kier alpha value is -3.42. The predicted octanol–water partition coefficient (Wildman–Crippen LogP) is 7.97. The summed E-state index contributed by atoms with van der Waals surface area (Å²) < 4.78 is 9.30. The number of rotatable bonds is 5. The topological polar surface area (TPSA) is 43.6 Å². The number of thiazole rings is 1. The Labute approximate surface area is 265 Å². The summed E-state index contributed by atoms with van der Waals surface area (Å²) in [5, 5.41) is 1.36. The summed E-state index contributed by atoms with van der Waals surface area (Å²) in [7, 11) is 0. The molecule has 2 aliphatic rings. The minimum Gasteiger partial charge on any atom is -0.488 e. The van der Waals surface area contributed by atoms with Crippen molar-refractivity contribution in [2.45, 2.75) is 25.5 Å². The molecule has 8 heteroatoms. The van der Waals surface area contributed by atoms with Crippen molar-refractivity contribution in [3.05, 3.63) is 159 Å². The highest BCUT2D eigenvalue weighted by Gasteiger charge is 2.32. The van der Waals surface area contributed by atoms with Crippen molar-refractivity contribution in [2.75, 3.05) is 0 Å². The molecule has 5 aromatic rings. The SMILES string of the molecule is O=c1/c(=C\c2ccc(OCc3ccc(Cl)cc3)c(Br)c2)sc2n1[C@@H](c1ccc(Cl)cc1)C1=C(N=2)c2ccccc2CC1. The van der Waals surface area contributed by atoms with E-state index in [1.807, 2.05) is 77.4 Å². The first-order valence-corrected chi connectivity index (χ1v) is 15.9. The van der Waals surface area contributed by atoms with E-state index >= 15 is 0 Å². The van der Waals surface area contributed by atoms with E-state index in [4.69, 9.17) is 32.9 Å². The maximum atomic E-state index is 14.0. The summed E-state index contributed by atoms with van der Waals surface area (Å²) in [6.45, 7) is 0.423. The van der Waals surface area contributed by atoms with E-state index in [1.165, 1.54) is 22.5 Å². The lowest BCUT2D eigenvalue weighted by atomic mass is 9.83. The Morgan fingerprint density at radius 1 is 0.952 bits per heavy atom. The normalized spacial score (nSPS) is 16.0. The van der Waals surface area contributed by atoms with E-state index in [1.54, 1.807) is 0 Å². The second-order valence-electron chi connectivity index (χ2n) is 10.3. The average molecular weight is 674 g/mol. The van der Waals surface area contributed by atoms with Crippen LogP contribution in [0.25, 0.3) is 11.8 Å². The van der Waals surface area contributed by atoms with Gasteiger partial charge in [0.2, 0.25) is 0 Å². The van der Waals surface area contributed by atoms with Crippen molar-refractivity contribution >= 4 is 62.2 Å². The number of hydrogen-bond acceptors (Lipinski definition) is 4. The number of ether oxygens (including phenoxy) is 1. The molecule has 0 fully saturated rings. The molecule has 0 bridgehead atoms. The number of allylic oxidation sites excluding steroid dienone is 1. The van der Waals surface area contributed by atoms with Crippen LogP contribution in [0.1, 0.15) is 40.3 Å². The zero-order chi connectivity index (χ0) is 28.8. The van der Waals surface area contributed by atoms with Gasteiger partial charge < -0.3 is 4.74 Å². The fourth-order valence-corrected chi connectivity index (χ4v) is 7.35. The third kappa shape index (κ3) is 5.18. The molecule has 2 heterocycles. The number of halogens is 3. The molecule has 0 radical (unpaired) electrons. The zero-order valence-corrected chi connectivity index (χ0v) is 26.1. The van der Waals surface area contributed by atoms with Gasteiger partial charge >= 0.3 is 0 Å². The number of hydrogen-bond donors (Lipinski definition) is 0. The molecule has 1 aliphatic heterocycles. The summed E-state index contributed by atoms with van der Waals surface area (Å²) >= 11 is 17.3. The van der Waals surface area contributed by atoms with Crippen LogP contribution in [-0.2, 0) is 13.0 Å². The Morgan fingerprint density at radius 2 is 1.69 bits per heavy atom. The molecular formula is C34H23BrCl2N2O2S. The fourth-order valence-electron chi connectivity index (χ4n) is 5.58. The van der Waals surface area contributed by atoms with Gasteiger partial charge in [-0.05, 0) is 99.1 Å². The number of fused-ring (bicyclic) bond motifs is 3. The third-order valence-corrected chi connectivity index (χ3v) is 9.73. The first-order valence-electron chi connectivity index (χ1n) is 13.5. The van der Waals surface area contributed by atoms with Crippen molar-refractivity contribution in [3.8, 4) is 5.75 Å². The van der Waals surface area contributed by atoms with Gasteiger partial charge in [-0.3, -0.25) is 9.36 Å². The van der Waals surface area contributed by atoms with Gasteiger partial charge in [0, 0.05) is 15.6 Å². The van der Waals surface area contributed by atoms with Crippen molar-refractivity contribution in [2.24, 2.45) is 4.99 Å². The minimum atomic E-state index is -0.237. The van der Waals surface area contributed by atoms with Gasteiger partial charge in [0.25, 0.3) is 5.56 Å². The first-order chi connectivity index (χ1) is 20.4. The first kappa shape index (κ1) is 27.4. The molecular weight excluding hydrogens is 651 g/mol. The fraction of sp³-hybridized carbons (Fsp3) is 0.118. The standard InChI is InChI=1S/C34H23BrCl2N2O2S/c35-28-17-21(7-16-29(28)41-19-20-5-11-24(36)12-6-20)18-30-33(40)39-32(23-8-13-25(37)14-9-23)27-15-10-22-3-1-2-4-26(22)31(27)38-34(39)42-30/h1-9,11-14,16-18,32H,10,15,19H2/b30-18+/t32-/m0/s1. The van der Waals surface area contributed by atoms with Gasteiger partial charge in [0.15, 0.2) is 4.80 Å². The molecule has 208 valence electrons. The highest BCUT2D eigenvalue weighted by atomic mass is 79.9. The van der Waals surface area contributed by atoms with Gasteiger partial charge in [-0.15, -0.1) is 0 Å². The van der Waals surface area contributed by atoms with Crippen LogP contribution < -0.4 is 19.6 Å². The summed E-state index contributed by atoms with van der Waals surface area (Å²) in [6, 6.07) is 29.4. The Kier molecular flexibility index (Phi) is 7.40. The van der Waals surface area contributed by atoms with E-state index in [2.05, 4.69) is 40.2 Å². The van der Waals surface area contributed by atoms with Gasteiger partial charge in [-0.2, -0.15) is 0 Å². The molecule has 0 spiro atoms. The van der Waals surface area contributed by atoms with Gasteiger partial charge in [0.05, 0.1) is 20.7 Å². The molecule has 42 heavy (non-hydrogen) atoms. The second-order valence-corrected chi connectivity index (χ2v) is 13.0. The van der Waals surface area contributed by atoms with Crippen molar-refractivity contribution in [1.29, 1.82) is 0 Å². The number of aromatic nitrogens is 1. The minimum absolute atomic E-state index is 0.0525. The molecule has 7 rings (SSSR count). The van der Waals surface area contributed by atoms with Crippen molar-refractivity contribution in [3.63, 3.8) is 0 Å². The molecule has 4 aromatic carbocycles. The maximum Gasteiger partial charge on any atom is 0.271 e. The average Bonchev–Trinajstić information content (AvgIpc) is 3.31. The smallest absolute Gasteiger partial charge is 0.271 e. The lowest BCUT2D eigenvalue weighted by Gasteiger charge is -2.30. The molecule has 4 nitrogen and oxygen atoms in total. The second kappa shape index (κ2) is 11.3. The summed E-state index contributed by atoms with van der Waals surface area (Å²) in [5.41, 5.74) is 7.47. The van der Waals surface area contributed by atoms with E-state index in [0.29, 0.717) is 26.0 Å². The van der Waals surface area contributed by atoms with E-state index in [-0.39, 0.29) is 11.6 Å². The largest absolute Gasteiger partial charge is 0.488 e. The highest BCUT2D eigenvalue weighted by molar-refractivity contribution is 9.10. The molecule has 0 saturated carbocycles. The molecule has 1 aromatic heterocycles. The summed E-state index contributed by atoms with van der Waals surface area (Å²) in [5.74, 6) is 0.720. The summed E-state index contributed by atoms with van der Waals surface area (Å²) in [4.78, 5) is 19.8. The molecule has 0 unspecified atom stereocenters. The molecule has 0 N–H and O–H groups in total. The summed E-state index contributed by atoms with van der Waals surface area (Å²) in [6.07, 6.45) is 3.68. The van der Waals surface area contributed by atoms with Crippen LogP contribution in [-0.4, -0.2) is 4.57 Å². The lowest BCUT2D eigenvalue weighted by Crippen LogP contribution is -2.38. The third-order valence-electron chi connectivity index (χ3n) is 7.62. The van der Waals surface area contributed by atoms with Crippen LogP contribution in [0, 0.1) is 0 Å². The molecule has 1 atom stereocenters. The quantitative estimate of drug-likeness (QED) is 0.190. The van der Waals surface area contributed by atoms with Gasteiger partial charge in [-0.1, -0.05) is 89.1 Å². The van der Waals surface area contributed by atoms with Gasteiger partial charge in [0.1, 0.15) is 12.4 Å². The number of nitrogens with zero attached hydrogens (tertiary/aromatic N) is 2. The Balaban J connectivity index is 1.28. The van der Waals surface area contributed by atoms with Crippen LogP contribution in [0.3, 0.4) is 0 Å². The van der Waals surface area contributed by atoms with Crippen molar-refractivity contribution in [1.82, 2.24) is 4.57 Å². The number of benzene rings is 4. The molecule has 0 saturated heterocycles. The Bertz CT molecular complexity index is 2050. The van der Waals surface area contributed by atoms with Crippen LogP contribution in [0.2, 0.25) is 10.0 Å². The van der Waals surface area contributed by atoms with Crippen LogP contribution >= 0.6 is 50.5 Å². The van der Waals surface area contributed by atoms with E-state index in [9.17, 15) is 4.79 Å². The molecule has 0 amide bonds. The maximum absolute atomic E-state index is 14.0. The lowest BCUT2D eigenvalue weighted by molar-refractivity contribution is 0.304. The van der Waals surface area contributed by atoms with Gasteiger partial charge in [-0.25, -0.2) is 4.99 Å². The highest BCUT2D eigenvalue weighted by Crippen LogP contribution is 2.41. The van der Waals surface area contributed by atoms with E-state index < -0.39 is 0 Å². The zero-order valence-electron chi connectivity index (χ0n) is 22.2.